The Morgan fingerprint density at radius 1 is 1.31 bits per heavy atom. The van der Waals surface area contributed by atoms with Crippen molar-refractivity contribution in [3.8, 4) is 0 Å². The van der Waals surface area contributed by atoms with Crippen LogP contribution in [-0.4, -0.2) is 63.3 Å². The highest BCUT2D eigenvalue weighted by Gasteiger charge is 2.37. The fraction of sp³-hybridized carbons (Fsp3) is 0.350. The number of hydrogen-bond acceptors (Lipinski definition) is 5. The lowest BCUT2D eigenvalue weighted by Crippen LogP contribution is -2.85. The zero-order valence-corrected chi connectivity index (χ0v) is 16.1. The Morgan fingerprint density at radius 3 is 2.66 bits per heavy atom. The molecule has 0 saturated carbocycles. The second-order valence-corrected chi connectivity index (χ2v) is 6.96. The van der Waals surface area contributed by atoms with Crippen LogP contribution in [0.3, 0.4) is 0 Å². The van der Waals surface area contributed by atoms with Crippen LogP contribution in [0.5, 0.6) is 0 Å². The van der Waals surface area contributed by atoms with Gasteiger partial charge in [0, 0.05) is 42.5 Å². The van der Waals surface area contributed by atoms with Crippen molar-refractivity contribution < 1.29 is 34.5 Å². The van der Waals surface area contributed by atoms with Crippen LogP contribution in [0.4, 0.5) is 0 Å². The maximum absolute atomic E-state index is 12.6. The van der Waals surface area contributed by atoms with Gasteiger partial charge >= 0.3 is 5.97 Å². The van der Waals surface area contributed by atoms with E-state index in [1.807, 2.05) is 28.6 Å². The molecule has 1 aromatic heterocycles. The molecule has 9 nitrogen and oxygen atoms in total. The first-order valence-corrected chi connectivity index (χ1v) is 9.38. The number of carboxylic acid groups (broad SMARTS) is 2. The van der Waals surface area contributed by atoms with Crippen molar-refractivity contribution in [2.75, 3.05) is 20.1 Å². The van der Waals surface area contributed by atoms with Gasteiger partial charge in [0.05, 0.1) is 32.0 Å². The summed E-state index contributed by atoms with van der Waals surface area (Å²) in [6, 6.07) is 0. The molecule has 0 amide bonds. The minimum absolute atomic E-state index is 0.193. The summed E-state index contributed by atoms with van der Waals surface area (Å²) in [5, 5.41) is 19.6. The van der Waals surface area contributed by atoms with Crippen LogP contribution >= 0.6 is 0 Å². The molecule has 0 atom stereocenters. The van der Waals surface area contributed by atoms with Crippen molar-refractivity contribution in [2.24, 2.45) is 0 Å². The van der Waals surface area contributed by atoms with Gasteiger partial charge in [-0.3, -0.25) is 4.79 Å². The van der Waals surface area contributed by atoms with Gasteiger partial charge in [0.1, 0.15) is 19.1 Å². The molecule has 0 bridgehead atoms. The molecule has 3 aliphatic rings. The van der Waals surface area contributed by atoms with Crippen molar-refractivity contribution in [1.82, 2.24) is 9.55 Å². The first kappa shape index (κ1) is 20.4. The summed E-state index contributed by atoms with van der Waals surface area (Å²) in [6.07, 6.45) is 9.82. The highest BCUT2D eigenvalue weighted by atomic mass is 16.4. The van der Waals surface area contributed by atoms with Crippen molar-refractivity contribution >= 4 is 29.5 Å². The second-order valence-electron chi connectivity index (χ2n) is 6.96. The number of nitrogens with two attached hydrogens (primary N) is 1. The number of nitrogens with zero attached hydrogens (tertiary/aromatic N) is 3. The summed E-state index contributed by atoms with van der Waals surface area (Å²) in [7, 11) is 1.98. The molecular formula is C20H23N4O5+. The Bertz CT molecular complexity index is 957. The van der Waals surface area contributed by atoms with Gasteiger partial charge < -0.3 is 24.9 Å². The van der Waals surface area contributed by atoms with Crippen molar-refractivity contribution in [3.63, 3.8) is 0 Å². The van der Waals surface area contributed by atoms with E-state index < -0.39 is 11.9 Å². The molecular weight excluding hydrogens is 376 g/mol. The summed E-state index contributed by atoms with van der Waals surface area (Å²) in [5.74, 6) is -1.63. The highest BCUT2D eigenvalue weighted by Crippen LogP contribution is 2.37. The summed E-state index contributed by atoms with van der Waals surface area (Å²) < 4.78 is 4.01. The number of ketones is 1. The average Bonchev–Trinajstić information content (AvgIpc) is 3.26. The third kappa shape index (κ3) is 4.57. The van der Waals surface area contributed by atoms with E-state index >= 15 is 0 Å². The van der Waals surface area contributed by atoms with Gasteiger partial charge in [-0.25, -0.2) is 14.4 Å². The van der Waals surface area contributed by atoms with E-state index in [1.165, 1.54) is 16.7 Å². The fourth-order valence-corrected chi connectivity index (χ4v) is 3.83. The van der Waals surface area contributed by atoms with E-state index in [1.54, 1.807) is 0 Å². The second kappa shape index (κ2) is 8.78. The Kier molecular flexibility index (Phi) is 6.18. The van der Waals surface area contributed by atoms with Crippen LogP contribution in [0, 0.1) is 0 Å². The predicted octanol–water partition coefficient (Wildman–Crippen LogP) is -1.68. The van der Waals surface area contributed by atoms with Gasteiger partial charge in [-0.1, -0.05) is 0 Å². The number of likely N-dealkylation sites (N-methyl/N-ethyl adjacent to an activating group) is 1. The Labute approximate surface area is 167 Å². The number of piperidine rings is 1. The van der Waals surface area contributed by atoms with Gasteiger partial charge in [0.15, 0.2) is 0 Å². The number of Topliss-reactive ketones (excluding diaryl/α,β-unsaturated/α-hetero) is 1. The smallest absolute Gasteiger partial charge is 0.328 e. The maximum Gasteiger partial charge on any atom is 0.328 e. The molecule has 3 N–H and O–H groups in total. The van der Waals surface area contributed by atoms with E-state index in [9.17, 15) is 19.5 Å². The number of carbonyl (C=O) groups excluding carboxylic acids is 2. The van der Waals surface area contributed by atoms with Crippen molar-refractivity contribution in [2.45, 2.75) is 25.8 Å². The number of carbonyl (C=O) groups is 3. The molecule has 0 radical (unpaired) electrons. The fourth-order valence-electron chi connectivity index (χ4n) is 3.83. The maximum atomic E-state index is 12.6. The lowest BCUT2D eigenvalue weighted by atomic mass is 9.91. The first-order valence-electron chi connectivity index (χ1n) is 9.38. The zero-order valence-electron chi connectivity index (χ0n) is 16.1. The average molecular weight is 399 g/mol. The molecule has 0 unspecified atom stereocenters. The number of allylic oxidation sites excluding steroid dienone is 3. The van der Waals surface area contributed by atoms with Crippen LogP contribution in [0.1, 0.15) is 25.1 Å². The van der Waals surface area contributed by atoms with E-state index in [0.29, 0.717) is 18.7 Å². The minimum atomic E-state index is -1.51. The zero-order chi connectivity index (χ0) is 21.0. The van der Waals surface area contributed by atoms with Gasteiger partial charge in [-0.15, -0.1) is 0 Å². The number of quaternary nitrogens is 1. The Balaban J connectivity index is 0.000000258. The number of imidazole rings is 1. The topological polar surface area (TPSA) is 132 Å². The lowest BCUT2D eigenvalue weighted by Gasteiger charge is -2.18. The molecule has 1 aromatic rings. The van der Waals surface area contributed by atoms with Crippen LogP contribution in [-0.2, 0) is 20.9 Å². The molecule has 0 aromatic carbocycles. The van der Waals surface area contributed by atoms with E-state index in [4.69, 9.17) is 5.11 Å². The van der Waals surface area contributed by atoms with Crippen molar-refractivity contribution in [1.29, 1.82) is 0 Å². The Hall–Kier alpha value is -3.33. The summed E-state index contributed by atoms with van der Waals surface area (Å²) in [6.45, 7) is 2.67. The quantitative estimate of drug-likeness (QED) is 0.451. The van der Waals surface area contributed by atoms with Crippen LogP contribution in [0.15, 0.2) is 41.4 Å². The highest BCUT2D eigenvalue weighted by molar-refractivity contribution is 6.02. The Morgan fingerprint density at radius 2 is 2.03 bits per heavy atom. The van der Waals surface area contributed by atoms with E-state index in [-0.39, 0.29) is 5.78 Å². The number of carboxylic acids is 2. The SMILES string of the molecule is C[N+]1=CCC2=C1C(=O)Cn1ccnc1C2=C1CC[NH2+]CC1.O=C([O-])/C=C\C(=O)O. The van der Waals surface area contributed by atoms with Crippen LogP contribution < -0.4 is 10.4 Å². The number of fused-ring (bicyclic) bond motifs is 1. The molecule has 4 rings (SSSR count). The van der Waals surface area contributed by atoms with Gasteiger partial charge in [-0.05, 0) is 11.6 Å². The molecule has 1 fully saturated rings. The van der Waals surface area contributed by atoms with Crippen molar-refractivity contribution in [3.05, 3.63) is 47.2 Å². The molecule has 152 valence electrons. The van der Waals surface area contributed by atoms with Crippen LogP contribution in [0.25, 0.3) is 5.57 Å². The standard InChI is InChI=1S/C16H19N4O.C4H4O4/c1-19-8-4-12-14(11-2-5-17-6-3-11)16-18-7-9-20(16)10-13(21)15(12)19;5-3(6)1-2-4(7)8/h7-9,17H,2-6,10H2,1H3;1-2H,(H,5,6)(H,7,8)/q+1;/b;2-1-. The summed E-state index contributed by atoms with van der Waals surface area (Å²) in [4.78, 5) is 36.1. The molecule has 4 heterocycles. The molecule has 0 spiro atoms. The summed E-state index contributed by atoms with van der Waals surface area (Å²) >= 11 is 0. The van der Waals surface area contributed by atoms with E-state index in [2.05, 4.69) is 16.5 Å². The van der Waals surface area contributed by atoms with Gasteiger partial charge in [0.2, 0.25) is 5.78 Å². The van der Waals surface area contributed by atoms with E-state index in [0.717, 1.165) is 43.9 Å². The molecule has 1 saturated heterocycles. The number of aliphatic carboxylic acids is 2. The lowest BCUT2D eigenvalue weighted by molar-refractivity contribution is -0.658. The number of aromatic nitrogens is 2. The first-order chi connectivity index (χ1) is 13.9. The third-order valence-electron chi connectivity index (χ3n) is 5.04. The minimum Gasteiger partial charge on any atom is -0.545 e. The normalized spacial score (nSPS) is 18.7. The third-order valence-corrected chi connectivity index (χ3v) is 5.04. The monoisotopic (exact) mass is 399 g/mol. The predicted molar refractivity (Wildman–Crippen MR) is 101 cm³/mol. The van der Waals surface area contributed by atoms with Crippen LogP contribution in [0.2, 0.25) is 0 Å². The molecule has 3 aliphatic heterocycles. The van der Waals surface area contributed by atoms with Gasteiger partial charge in [0.25, 0.3) is 5.70 Å². The largest absolute Gasteiger partial charge is 0.545 e. The molecule has 9 heteroatoms. The summed E-state index contributed by atoms with van der Waals surface area (Å²) in [5.41, 5.74) is 4.77. The molecule has 0 aliphatic carbocycles. The molecule has 29 heavy (non-hydrogen) atoms. The number of hydrogen-bond donors (Lipinski definition) is 2. The number of rotatable bonds is 2. The van der Waals surface area contributed by atoms with Gasteiger partial charge in [-0.2, -0.15) is 0 Å².